The summed E-state index contributed by atoms with van der Waals surface area (Å²) in [5.74, 6) is 0. The van der Waals surface area contributed by atoms with Gasteiger partial charge in [0.25, 0.3) is 0 Å². The van der Waals surface area contributed by atoms with Crippen LogP contribution in [-0.4, -0.2) is 86.0 Å². The second kappa shape index (κ2) is 6.61. The number of hydrogen-bond donors (Lipinski definition) is 8. The van der Waals surface area contributed by atoms with Crippen molar-refractivity contribution in [2.45, 2.75) is 0 Å². The summed E-state index contributed by atoms with van der Waals surface area (Å²) in [6.07, 6.45) is 0. The Labute approximate surface area is 85.9 Å². The summed E-state index contributed by atoms with van der Waals surface area (Å²) in [6.45, 7) is 0. The Hall–Kier alpha value is 1.11. The molecule has 0 aromatic carbocycles. The monoisotopic (exact) mass is 216 g/mol. The molecule has 0 aliphatic heterocycles. The molecule has 8 nitrogen and oxygen atoms in total. The molecule has 0 atom stereocenters. The second-order valence-electron chi connectivity index (χ2n) is 1.20. The minimum atomic E-state index is -4.61. The summed E-state index contributed by atoms with van der Waals surface area (Å²) in [5.41, 5.74) is 0. The van der Waals surface area contributed by atoms with Gasteiger partial charge >= 0.3 is 47.7 Å². The molecule has 0 aliphatic carbocycles. The molecule has 0 fully saturated rings. The van der Waals surface area contributed by atoms with Gasteiger partial charge in [-0.2, -0.15) is 0 Å². The molecule has 0 radical (unpaired) electrons. The van der Waals surface area contributed by atoms with Gasteiger partial charge in [-0.15, -0.1) is 0 Å². The van der Waals surface area contributed by atoms with E-state index in [1.807, 2.05) is 0 Å². The molecule has 0 bridgehead atoms. The predicted octanol–water partition coefficient (Wildman–Crippen LogP) is -5.87. The van der Waals surface area contributed by atoms with Crippen LogP contribution in [-0.2, 0) is 0 Å². The van der Waals surface area contributed by atoms with Crippen LogP contribution in [0.4, 0.5) is 0 Å². The molecule has 0 saturated heterocycles. The molecule has 0 aromatic rings. The van der Waals surface area contributed by atoms with Crippen LogP contribution in [0.2, 0.25) is 0 Å². The van der Waals surface area contributed by atoms with Gasteiger partial charge in [0.05, 0.1) is 0 Å². The quantitative estimate of drug-likeness (QED) is 0.186. The summed E-state index contributed by atoms with van der Waals surface area (Å²) in [4.78, 5) is 58.6. The van der Waals surface area contributed by atoms with E-state index in [4.69, 9.17) is 38.4 Å². The van der Waals surface area contributed by atoms with Crippen LogP contribution in [0.1, 0.15) is 0 Å². The summed E-state index contributed by atoms with van der Waals surface area (Å²) in [7, 11) is -9.22. The van der Waals surface area contributed by atoms with Crippen molar-refractivity contribution >= 4 is 47.7 Å². The average molecular weight is 216 g/mol. The topological polar surface area (TPSA) is 162 Å². The molecular weight excluding hydrogens is 207 g/mol. The fraction of sp³-hybridized carbons (Fsp3) is 0. The van der Waals surface area contributed by atoms with Crippen molar-refractivity contribution in [3.8, 4) is 0 Å². The molecule has 11 heavy (non-hydrogen) atoms. The van der Waals surface area contributed by atoms with E-state index >= 15 is 0 Å². The molecule has 66 valence electrons. The van der Waals surface area contributed by atoms with E-state index in [2.05, 4.69) is 0 Å². The second-order valence-corrected chi connectivity index (χ2v) is 3.60. The Balaban J connectivity index is -0.000000107. The van der Waals surface area contributed by atoms with E-state index in [1.54, 1.807) is 0 Å². The third-order valence-electron chi connectivity index (χ3n) is 0. The third-order valence-corrected chi connectivity index (χ3v) is 0. The Kier molecular flexibility index (Phi) is 10.8. The van der Waals surface area contributed by atoms with Crippen molar-refractivity contribution in [3.63, 3.8) is 0 Å². The maximum absolute atomic E-state index is 7.33. The van der Waals surface area contributed by atoms with Gasteiger partial charge in [0.1, 0.15) is 0 Å². The van der Waals surface area contributed by atoms with Crippen molar-refractivity contribution in [1.82, 2.24) is 0 Å². The first-order valence-electron chi connectivity index (χ1n) is 1.79. The fourth-order valence-electron chi connectivity index (χ4n) is 0. The van der Waals surface area contributed by atoms with Crippen LogP contribution >= 0.6 is 0 Å². The van der Waals surface area contributed by atoms with Crippen molar-refractivity contribution < 1.29 is 38.4 Å². The standard InChI is InChI=1S/Na.2H4O4Si.H/c;2*1-5(2,3)4;/h;2*1-4H;. The molecule has 0 aliphatic rings. The fourth-order valence-corrected chi connectivity index (χ4v) is 0. The van der Waals surface area contributed by atoms with Gasteiger partial charge in [0.15, 0.2) is 0 Å². The number of hydrogen-bond acceptors (Lipinski definition) is 8. The first-order valence-corrected chi connectivity index (χ1v) is 5.37. The van der Waals surface area contributed by atoms with Crippen LogP contribution in [0.5, 0.6) is 0 Å². The van der Waals surface area contributed by atoms with Crippen LogP contribution < -0.4 is 0 Å². The zero-order valence-electron chi connectivity index (χ0n) is 4.58. The van der Waals surface area contributed by atoms with E-state index in [9.17, 15) is 0 Å². The van der Waals surface area contributed by atoms with Gasteiger partial charge in [0.2, 0.25) is 0 Å². The van der Waals surface area contributed by atoms with Crippen LogP contribution in [0.3, 0.4) is 0 Å². The van der Waals surface area contributed by atoms with E-state index in [-0.39, 0.29) is 29.6 Å². The SMILES string of the molecule is O[Si](O)(O)O.O[Si](O)(O)O.[NaH]. The van der Waals surface area contributed by atoms with E-state index < -0.39 is 18.1 Å². The minimum absolute atomic E-state index is 0. The maximum atomic E-state index is 7.33. The molecule has 0 aromatic heterocycles. The summed E-state index contributed by atoms with van der Waals surface area (Å²) >= 11 is 0. The van der Waals surface area contributed by atoms with E-state index in [0.717, 1.165) is 0 Å². The van der Waals surface area contributed by atoms with Crippen molar-refractivity contribution in [2.24, 2.45) is 0 Å². The van der Waals surface area contributed by atoms with Crippen molar-refractivity contribution in [2.75, 3.05) is 0 Å². The Morgan fingerprint density at radius 3 is 0.455 bits per heavy atom. The first kappa shape index (κ1) is 18.0. The molecular formula is H9NaO8Si2. The van der Waals surface area contributed by atoms with Gasteiger partial charge in [0, 0.05) is 0 Å². The van der Waals surface area contributed by atoms with Crippen molar-refractivity contribution in [3.05, 3.63) is 0 Å². The van der Waals surface area contributed by atoms with Gasteiger partial charge in [-0.25, -0.2) is 0 Å². The molecule has 0 rings (SSSR count). The Morgan fingerprint density at radius 1 is 0.455 bits per heavy atom. The summed E-state index contributed by atoms with van der Waals surface area (Å²) in [6, 6.07) is 0. The zero-order chi connectivity index (χ0) is 9.00. The van der Waals surface area contributed by atoms with Crippen molar-refractivity contribution in [1.29, 1.82) is 0 Å². The average Bonchev–Trinajstić information content (AvgIpc) is 1.12. The van der Waals surface area contributed by atoms with Crippen LogP contribution in [0.15, 0.2) is 0 Å². The molecule has 11 heteroatoms. The summed E-state index contributed by atoms with van der Waals surface area (Å²) < 4.78 is 0. The van der Waals surface area contributed by atoms with Gasteiger partial charge in [-0.3, -0.25) is 0 Å². The summed E-state index contributed by atoms with van der Waals surface area (Å²) in [5, 5.41) is 0. The Bertz CT molecular complexity index is 55.1. The van der Waals surface area contributed by atoms with Gasteiger partial charge in [-0.1, -0.05) is 0 Å². The Morgan fingerprint density at radius 2 is 0.455 bits per heavy atom. The van der Waals surface area contributed by atoms with Crippen LogP contribution in [0, 0.1) is 0 Å². The molecule has 0 unspecified atom stereocenters. The molecule has 0 saturated carbocycles. The molecule has 0 amide bonds. The normalized spacial score (nSPS) is 10.9. The third kappa shape index (κ3) is 744. The predicted molar refractivity (Wildman–Crippen MR) is 36.4 cm³/mol. The molecule has 0 heterocycles. The van der Waals surface area contributed by atoms with E-state index in [0.29, 0.717) is 0 Å². The first-order chi connectivity index (χ1) is 4.00. The molecule has 0 spiro atoms. The van der Waals surface area contributed by atoms with E-state index in [1.165, 1.54) is 0 Å². The molecule has 8 N–H and O–H groups in total. The van der Waals surface area contributed by atoms with Gasteiger partial charge < -0.3 is 38.4 Å². The van der Waals surface area contributed by atoms with Crippen LogP contribution in [0.25, 0.3) is 0 Å². The zero-order valence-corrected chi connectivity index (χ0v) is 6.58. The van der Waals surface area contributed by atoms with Gasteiger partial charge in [-0.05, 0) is 0 Å². The number of rotatable bonds is 0.